The molecule has 0 unspecified atom stereocenters. The number of likely N-dealkylation sites (N-methyl/N-ethyl adjacent to an activating group) is 1. The molecule has 0 radical (unpaired) electrons. The first-order valence-corrected chi connectivity index (χ1v) is 5.82. The Hall–Kier alpha value is -1.01. The van der Waals surface area contributed by atoms with E-state index < -0.39 is 12.2 Å². The van der Waals surface area contributed by atoms with Crippen LogP contribution in [-0.2, 0) is 4.74 Å². The van der Waals surface area contributed by atoms with Crippen molar-refractivity contribution in [3.63, 3.8) is 0 Å². The number of rotatable bonds is 7. The van der Waals surface area contributed by atoms with Crippen molar-refractivity contribution < 1.29 is 19.3 Å². The highest BCUT2D eigenvalue weighted by molar-refractivity contribution is 5.18. The second-order valence-electron chi connectivity index (χ2n) is 4.40. The minimum atomic E-state index is -0.777. The van der Waals surface area contributed by atoms with E-state index in [9.17, 15) is 14.6 Å². The summed E-state index contributed by atoms with van der Waals surface area (Å²) in [7, 11) is 3.30. The van der Waals surface area contributed by atoms with Crippen LogP contribution in [0.15, 0.2) is 24.3 Å². The van der Waals surface area contributed by atoms with Crippen LogP contribution in [-0.4, -0.2) is 55.1 Å². The van der Waals surface area contributed by atoms with E-state index >= 15 is 0 Å². The van der Waals surface area contributed by atoms with E-state index in [4.69, 9.17) is 4.74 Å². The van der Waals surface area contributed by atoms with Crippen molar-refractivity contribution in [1.29, 1.82) is 0 Å². The molecular weight excluding hydrogens is 237 g/mol. The van der Waals surface area contributed by atoms with Crippen molar-refractivity contribution in [1.82, 2.24) is 4.90 Å². The zero-order valence-corrected chi connectivity index (χ0v) is 10.7. The molecule has 0 fully saturated rings. The predicted molar refractivity (Wildman–Crippen MR) is 66.7 cm³/mol. The maximum atomic E-state index is 13.0. The van der Waals surface area contributed by atoms with Gasteiger partial charge in [-0.05, 0) is 24.7 Å². The summed E-state index contributed by atoms with van der Waals surface area (Å²) in [6, 6.07) is 5.88. The second kappa shape index (κ2) is 7.43. The van der Waals surface area contributed by atoms with Crippen LogP contribution in [0, 0.1) is 5.82 Å². The number of ether oxygens (including phenoxy) is 1. The molecule has 0 saturated heterocycles. The molecule has 0 aliphatic rings. The fraction of sp³-hybridized carbons (Fsp3) is 0.538. The first-order chi connectivity index (χ1) is 8.52. The molecule has 0 aliphatic heterocycles. The topological polar surface area (TPSA) is 52.9 Å². The molecule has 0 aromatic heterocycles. The molecule has 1 rings (SSSR count). The summed E-state index contributed by atoms with van der Waals surface area (Å²) < 4.78 is 17.8. The van der Waals surface area contributed by atoms with Gasteiger partial charge in [0.15, 0.2) is 0 Å². The first-order valence-electron chi connectivity index (χ1n) is 5.82. The average molecular weight is 257 g/mol. The number of hydrogen-bond donors (Lipinski definition) is 2. The number of nitrogens with zero attached hydrogens (tertiary/aromatic N) is 1. The monoisotopic (exact) mass is 257 g/mol. The van der Waals surface area contributed by atoms with Gasteiger partial charge in [-0.3, -0.25) is 0 Å². The smallest absolute Gasteiger partial charge is 0.123 e. The summed E-state index contributed by atoms with van der Waals surface area (Å²) in [5.41, 5.74) is 0.531. The third-order valence-corrected chi connectivity index (χ3v) is 2.60. The van der Waals surface area contributed by atoms with Gasteiger partial charge >= 0.3 is 0 Å². The third kappa shape index (κ3) is 5.10. The van der Waals surface area contributed by atoms with Gasteiger partial charge < -0.3 is 19.8 Å². The van der Waals surface area contributed by atoms with Crippen molar-refractivity contribution in [3.05, 3.63) is 35.6 Å². The number of aliphatic hydroxyl groups excluding tert-OH is 2. The highest BCUT2D eigenvalue weighted by Gasteiger charge is 2.14. The lowest BCUT2D eigenvalue weighted by atomic mass is 10.1. The number of benzene rings is 1. The fourth-order valence-corrected chi connectivity index (χ4v) is 1.79. The van der Waals surface area contributed by atoms with Gasteiger partial charge in [-0.15, -0.1) is 0 Å². The summed E-state index contributed by atoms with van der Waals surface area (Å²) in [6.07, 6.45) is -1.37. The summed E-state index contributed by atoms with van der Waals surface area (Å²) in [5.74, 6) is -0.367. The molecular formula is C13H20FNO3. The summed E-state index contributed by atoms with van der Waals surface area (Å²) >= 11 is 0. The van der Waals surface area contributed by atoms with Crippen LogP contribution < -0.4 is 0 Å². The quantitative estimate of drug-likeness (QED) is 0.758. The van der Waals surface area contributed by atoms with Crippen LogP contribution in [0.2, 0.25) is 0 Å². The zero-order valence-electron chi connectivity index (χ0n) is 10.7. The Bertz CT molecular complexity index is 362. The second-order valence-corrected chi connectivity index (χ2v) is 4.40. The van der Waals surface area contributed by atoms with E-state index in [0.29, 0.717) is 18.7 Å². The molecule has 0 heterocycles. The minimum absolute atomic E-state index is 0.250. The third-order valence-electron chi connectivity index (χ3n) is 2.60. The number of aliphatic hydroxyl groups is 2. The molecule has 102 valence electrons. The molecule has 0 bridgehead atoms. The Kier molecular flexibility index (Phi) is 6.21. The number of methoxy groups -OCH3 is 1. The molecule has 2 N–H and O–H groups in total. The predicted octanol–water partition coefficient (Wildman–Crippen LogP) is 0.798. The minimum Gasteiger partial charge on any atom is -0.389 e. The lowest BCUT2D eigenvalue weighted by Gasteiger charge is -2.23. The standard InChI is InChI=1S/C13H20FNO3/c1-15(7-12(16)9-18-2)8-13(17)10-4-3-5-11(14)6-10/h3-6,12-13,16-17H,7-9H2,1-2H3/t12-,13-/m1/s1. The molecule has 0 amide bonds. The molecule has 1 aromatic carbocycles. The molecule has 5 heteroatoms. The highest BCUT2D eigenvalue weighted by Crippen LogP contribution is 2.14. The van der Waals surface area contributed by atoms with E-state index in [0.717, 1.165) is 0 Å². The van der Waals surface area contributed by atoms with Gasteiger partial charge in [0.2, 0.25) is 0 Å². The zero-order chi connectivity index (χ0) is 13.5. The van der Waals surface area contributed by atoms with Crippen molar-refractivity contribution in [2.24, 2.45) is 0 Å². The van der Waals surface area contributed by atoms with Crippen LogP contribution in [0.5, 0.6) is 0 Å². The van der Waals surface area contributed by atoms with Crippen molar-refractivity contribution >= 4 is 0 Å². The lowest BCUT2D eigenvalue weighted by molar-refractivity contribution is 0.0318. The van der Waals surface area contributed by atoms with Gasteiger partial charge in [0, 0.05) is 20.2 Å². The van der Waals surface area contributed by atoms with Crippen molar-refractivity contribution in [3.8, 4) is 0 Å². The fourth-order valence-electron chi connectivity index (χ4n) is 1.79. The SMILES string of the molecule is COC[C@H](O)CN(C)C[C@@H](O)c1cccc(F)c1. The van der Waals surface area contributed by atoms with Crippen LogP contribution >= 0.6 is 0 Å². The largest absolute Gasteiger partial charge is 0.389 e. The molecule has 0 spiro atoms. The Balaban J connectivity index is 2.46. The molecule has 2 atom stereocenters. The van der Waals surface area contributed by atoms with E-state index in [1.54, 1.807) is 24.1 Å². The van der Waals surface area contributed by atoms with Gasteiger partial charge in [0.1, 0.15) is 5.82 Å². The Morgan fingerprint density at radius 2 is 2.06 bits per heavy atom. The maximum Gasteiger partial charge on any atom is 0.123 e. The van der Waals surface area contributed by atoms with Gasteiger partial charge in [-0.2, -0.15) is 0 Å². The average Bonchev–Trinajstić information content (AvgIpc) is 2.28. The normalized spacial score (nSPS) is 14.8. The van der Waals surface area contributed by atoms with E-state index in [-0.39, 0.29) is 12.4 Å². The molecule has 0 aliphatic carbocycles. The van der Waals surface area contributed by atoms with Crippen LogP contribution in [0.1, 0.15) is 11.7 Å². The number of halogens is 1. The van der Waals surface area contributed by atoms with Crippen molar-refractivity contribution in [2.75, 3.05) is 33.9 Å². The number of hydrogen-bond acceptors (Lipinski definition) is 4. The first kappa shape index (κ1) is 15.0. The maximum absolute atomic E-state index is 13.0. The van der Waals surface area contributed by atoms with E-state index in [1.165, 1.54) is 19.2 Å². The Labute approximate surface area is 107 Å². The Morgan fingerprint density at radius 3 is 2.67 bits per heavy atom. The molecule has 4 nitrogen and oxygen atoms in total. The molecule has 1 aromatic rings. The summed E-state index contributed by atoms with van der Waals surface area (Å²) in [5, 5.41) is 19.5. The van der Waals surface area contributed by atoms with Crippen LogP contribution in [0.4, 0.5) is 4.39 Å². The van der Waals surface area contributed by atoms with Gasteiger partial charge in [0.05, 0.1) is 18.8 Å². The lowest BCUT2D eigenvalue weighted by Crippen LogP contribution is -2.34. The van der Waals surface area contributed by atoms with Crippen LogP contribution in [0.3, 0.4) is 0 Å². The van der Waals surface area contributed by atoms with Crippen LogP contribution in [0.25, 0.3) is 0 Å². The van der Waals surface area contributed by atoms with Gasteiger partial charge in [-0.25, -0.2) is 4.39 Å². The van der Waals surface area contributed by atoms with Gasteiger partial charge in [0.25, 0.3) is 0 Å². The summed E-state index contributed by atoms with van der Waals surface area (Å²) in [6.45, 7) is 0.963. The molecule has 18 heavy (non-hydrogen) atoms. The van der Waals surface area contributed by atoms with Gasteiger partial charge in [-0.1, -0.05) is 12.1 Å². The van der Waals surface area contributed by atoms with E-state index in [1.807, 2.05) is 0 Å². The van der Waals surface area contributed by atoms with E-state index in [2.05, 4.69) is 0 Å². The molecule has 0 saturated carbocycles. The Morgan fingerprint density at radius 1 is 1.33 bits per heavy atom. The highest BCUT2D eigenvalue weighted by atomic mass is 19.1. The van der Waals surface area contributed by atoms with Crippen molar-refractivity contribution in [2.45, 2.75) is 12.2 Å². The summed E-state index contributed by atoms with van der Waals surface area (Å²) in [4.78, 5) is 1.78.